The van der Waals surface area contributed by atoms with Crippen LogP contribution in [0.1, 0.15) is 37.9 Å². The van der Waals surface area contributed by atoms with Gasteiger partial charge in [0, 0.05) is 5.56 Å². The van der Waals surface area contributed by atoms with Crippen LogP contribution in [0.4, 0.5) is 0 Å². The summed E-state index contributed by atoms with van der Waals surface area (Å²) in [4.78, 5) is 31.4. The second-order valence-electron chi connectivity index (χ2n) is 4.09. The smallest absolute Gasteiger partial charge is 0.356 e. The average Bonchev–Trinajstić information content (AvgIpc) is 2.41. The molecule has 5 nitrogen and oxygen atoms in total. The predicted octanol–water partition coefficient (Wildman–Crippen LogP) is 2.02. The monoisotopic (exact) mass is 256 g/mol. The van der Waals surface area contributed by atoms with Crippen LogP contribution in [0, 0.1) is 13.8 Å². The van der Waals surface area contributed by atoms with E-state index in [1.807, 2.05) is 0 Å². The third-order valence-corrected chi connectivity index (χ3v) is 2.76. The molecule has 0 bridgehead atoms. The minimum Gasteiger partial charge on any atom is -0.476 e. The fourth-order valence-electron chi connectivity index (χ4n) is 1.64. The zero-order chi connectivity index (χ0) is 14.0. The molecule has 0 saturated carbocycles. The first-order valence-electron chi connectivity index (χ1n) is 5.69. The van der Waals surface area contributed by atoms with E-state index >= 15 is 0 Å². The van der Waals surface area contributed by atoms with Crippen molar-refractivity contribution in [2.24, 2.45) is 0 Å². The van der Waals surface area contributed by atoms with E-state index in [9.17, 15) is 9.59 Å². The van der Waals surface area contributed by atoms with Gasteiger partial charge in [0.2, 0.25) is 5.78 Å². The van der Waals surface area contributed by atoms with Crippen molar-refractivity contribution in [2.75, 3.05) is 0 Å². The van der Waals surface area contributed by atoms with Gasteiger partial charge in [0.05, 0.1) is 11.4 Å². The van der Waals surface area contributed by atoms with Gasteiger partial charge in [-0.05, 0) is 13.8 Å². The predicted molar refractivity (Wildman–Crippen MR) is 68.3 cm³/mol. The van der Waals surface area contributed by atoms with E-state index in [2.05, 4.69) is 9.97 Å². The van der Waals surface area contributed by atoms with Crippen LogP contribution in [0.15, 0.2) is 30.3 Å². The van der Waals surface area contributed by atoms with Crippen molar-refractivity contribution < 1.29 is 14.7 Å². The molecule has 0 unspecified atom stereocenters. The maximum Gasteiger partial charge on any atom is 0.356 e. The average molecular weight is 256 g/mol. The summed E-state index contributed by atoms with van der Waals surface area (Å²) < 4.78 is 0. The highest BCUT2D eigenvalue weighted by atomic mass is 16.4. The molecule has 1 N–H and O–H groups in total. The van der Waals surface area contributed by atoms with Crippen LogP contribution < -0.4 is 0 Å². The van der Waals surface area contributed by atoms with Gasteiger partial charge in [0.25, 0.3) is 0 Å². The SMILES string of the molecule is Cc1nc(C(=O)O)c(C(=O)c2ccccc2)nc1C. The molecule has 0 radical (unpaired) electrons. The van der Waals surface area contributed by atoms with E-state index in [-0.39, 0.29) is 11.4 Å². The standard InChI is InChI=1S/C14H12N2O3/c1-8-9(2)16-12(14(18)19)11(15-8)13(17)10-6-4-3-5-7-10/h3-7H,1-2H3,(H,18,19). The summed E-state index contributed by atoms with van der Waals surface area (Å²) in [5, 5.41) is 9.12. The van der Waals surface area contributed by atoms with Gasteiger partial charge in [-0.1, -0.05) is 30.3 Å². The molecule has 2 aromatic rings. The summed E-state index contributed by atoms with van der Waals surface area (Å²) in [7, 11) is 0. The van der Waals surface area contributed by atoms with Crippen LogP contribution in [-0.4, -0.2) is 26.8 Å². The quantitative estimate of drug-likeness (QED) is 0.850. The van der Waals surface area contributed by atoms with Crippen molar-refractivity contribution in [1.29, 1.82) is 0 Å². The first-order chi connectivity index (χ1) is 9.00. The van der Waals surface area contributed by atoms with E-state index in [0.29, 0.717) is 17.0 Å². The van der Waals surface area contributed by atoms with Crippen LogP contribution in [0.2, 0.25) is 0 Å². The number of nitrogens with zero attached hydrogens (tertiary/aromatic N) is 2. The zero-order valence-electron chi connectivity index (χ0n) is 10.5. The number of aromatic nitrogens is 2. The third-order valence-electron chi connectivity index (χ3n) is 2.76. The largest absolute Gasteiger partial charge is 0.476 e. The number of ketones is 1. The number of rotatable bonds is 3. The molecule has 1 heterocycles. The van der Waals surface area contributed by atoms with Crippen molar-refractivity contribution in [3.63, 3.8) is 0 Å². The van der Waals surface area contributed by atoms with Gasteiger partial charge in [-0.15, -0.1) is 0 Å². The van der Waals surface area contributed by atoms with E-state index in [1.165, 1.54) is 0 Å². The van der Waals surface area contributed by atoms with Crippen LogP contribution in [0.3, 0.4) is 0 Å². The van der Waals surface area contributed by atoms with Crippen molar-refractivity contribution in [3.05, 3.63) is 58.7 Å². The Labute approximate surface area is 110 Å². The van der Waals surface area contributed by atoms with E-state index in [0.717, 1.165) is 0 Å². The highest BCUT2D eigenvalue weighted by Crippen LogP contribution is 2.13. The first-order valence-corrected chi connectivity index (χ1v) is 5.69. The number of carbonyl (C=O) groups is 2. The van der Waals surface area contributed by atoms with E-state index in [4.69, 9.17) is 5.11 Å². The Balaban J connectivity index is 2.59. The molecule has 0 aliphatic heterocycles. The fraction of sp³-hybridized carbons (Fsp3) is 0.143. The molecule has 0 aliphatic rings. The molecule has 96 valence electrons. The highest BCUT2D eigenvalue weighted by molar-refractivity contribution is 6.12. The topological polar surface area (TPSA) is 80.1 Å². The van der Waals surface area contributed by atoms with Crippen molar-refractivity contribution in [2.45, 2.75) is 13.8 Å². The van der Waals surface area contributed by atoms with Crippen molar-refractivity contribution in [1.82, 2.24) is 9.97 Å². The Morgan fingerprint density at radius 1 is 0.947 bits per heavy atom. The fourth-order valence-corrected chi connectivity index (χ4v) is 1.64. The summed E-state index contributed by atoms with van der Waals surface area (Å²) in [5.41, 5.74) is 1.01. The van der Waals surface area contributed by atoms with Gasteiger partial charge in [0.15, 0.2) is 5.69 Å². The Morgan fingerprint density at radius 3 is 2.00 bits per heavy atom. The Kier molecular flexibility index (Phi) is 3.37. The lowest BCUT2D eigenvalue weighted by atomic mass is 10.1. The number of carboxylic acids is 1. The molecule has 2 rings (SSSR count). The molecular weight excluding hydrogens is 244 g/mol. The summed E-state index contributed by atoms with van der Waals surface area (Å²) >= 11 is 0. The first kappa shape index (κ1) is 12.9. The molecule has 19 heavy (non-hydrogen) atoms. The lowest BCUT2D eigenvalue weighted by Gasteiger charge is -2.07. The molecule has 1 aromatic carbocycles. The Bertz CT molecular complexity index is 651. The number of carboxylic acid groups (broad SMARTS) is 1. The summed E-state index contributed by atoms with van der Waals surface area (Å²) in [6.07, 6.45) is 0. The lowest BCUT2D eigenvalue weighted by Crippen LogP contribution is -2.16. The van der Waals surface area contributed by atoms with Crippen molar-refractivity contribution in [3.8, 4) is 0 Å². The van der Waals surface area contributed by atoms with Gasteiger partial charge in [0.1, 0.15) is 5.69 Å². The number of aromatic carboxylic acids is 1. The molecule has 0 aliphatic carbocycles. The molecule has 0 fully saturated rings. The summed E-state index contributed by atoms with van der Waals surface area (Å²) in [5.74, 6) is -1.69. The lowest BCUT2D eigenvalue weighted by molar-refractivity contribution is 0.0685. The maximum absolute atomic E-state index is 12.3. The summed E-state index contributed by atoms with van der Waals surface area (Å²) in [6, 6.07) is 8.43. The van der Waals surface area contributed by atoms with Gasteiger partial charge in [-0.2, -0.15) is 0 Å². The minimum absolute atomic E-state index is 0.123. The highest BCUT2D eigenvalue weighted by Gasteiger charge is 2.22. The molecule has 0 spiro atoms. The van der Waals surface area contributed by atoms with Crippen LogP contribution in [-0.2, 0) is 0 Å². The third kappa shape index (κ3) is 2.49. The molecule has 0 atom stereocenters. The van der Waals surface area contributed by atoms with Crippen LogP contribution >= 0.6 is 0 Å². The van der Waals surface area contributed by atoms with Crippen LogP contribution in [0.25, 0.3) is 0 Å². The molecule has 0 amide bonds. The molecular formula is C14H12N2O3. The molecule has 0 saturated heterocycles. The number of benzene rings is 1. The second-order valence-corrected chi connectivity index (χ2v) is 4.09. The van der Waals surface area contributed by atoms with E-state index in [1.54, 1.807) is 44.2 Å². The minimum atomic E-state index is -1.25. The van der Waals surface area contributed by atoms with Gasteiger partial charge >= 0.3 is 5.97 Å². The summed E-state index contributed by atoms with van der Waals surface area (Å²) in [6.45, 7) is 3.35. The Morgan fingerprint density at radius 2 is 1.47 bits per heavy atom. The van der Waals surface area contributed by atoms with Gasteiger partial charge in [-0.25, -0.2) is 14.8 Å². The van der Waals surface area contributed by atoms with Gasteiger partial charge in [-0.3, -0.25) is 4.79 Å². The van der Waals surface area contributed by atoms with Gasteiger partial charge < -0.3 is 5.11 Å². The number of aryl methyl sites for hydroxylation is 2. The molecule has 5 heteroatoms. The van der Waals surface area contributed by atoms with Crippen LogP contribution in [0.5, 0.6) is 0 Å². The van der Waals surface area contributed by atoms with E-state index < -0.39 is 11.8 Å². The number of hydrogen-bond acceptors (Lipinski definition) is 4. The Hall–Kier alpha value is -2.56. The maximum atomic E-state index is 12.3. The molecule has 1 aromatic heterocycles. The normalized spacial score (nSPS) is 10.2. The zero-order valence-corrected chi connectivity index (χ0v) is 10.5. The van der Waals surface area contributed by atoms with Crippen molar-refractivity contribution >= 4 is 11.8 Å². The second kappa shape index (κ2) is 4.97. The number of hydrogen-bond donors (Lipinski definition) is 1. The number of carbonyl (C=O) groups excluding carboxylic acids is 1.